The zero-order chi connectivity index (χ0) is 13.4. The third-order valence-corrected chi connectivity index (χ3v) is 5.99. The molecule has 1 aromatic heterocycles. The van der Waals surface area contributed by atoms with Crippen molar-refractivity contribution in [2.24, 2.45) is 0 Å². The molecule has 0 bridgehead atoms. The van der Waals surface area contributed by atoms with Crippen molar-refractivity contribution >= 4 is 15.0 Å². The Bertz CT molecular complexity index is 559. The Balaban J connectivity index is 2.42. The molecule has 0 spiro atoms. The second-order valence-corrected chi connectivity index (χ2v) is 6.73. The number of halogens is 1. The fourth-order valence-electron chi connectivity index (χ4n) is 1.76. The zero-order valence-electron chi connectivity index (χ0n) is 8.99. The van der Waals surface area contributed by atoms with E-state index in [0.717, 1.165) is 4.57 Å². The van der Waals surface area contributed by atoms with E-state index in [0.29, 0.717) is 6.20 Å². The summed E-state index contributed by atoms with van der Waals surface area (Å²) in [5.74, 6) is -1.14. The summed E-state index contributed by atoms with van der Waals surface area (Å²) in [5.41, 5.74) is -1.98. The first kappa shape index (κ1) is 13.4. The Hall–Kier alpha value is -0.991. The molecule has 0 aliphatic carbocycles. The van der Waals surface area contributed by atoms with E-state index in [4.69, 9.17) is 5.11 Å². The molecule has 1 aliphatic heterocycles. The van der Waals surface area contributed by atoms with E-state index >= 15 is 0 Å². The van der Waals surface area contributed by atoms with E-state index in [1.165, 1.54) is 0 Å². The second-order valence-electron chi connectivity index (χ2n) is 3.87. The first-order valence-electron chi connectivity index (χ1n) is 5.09. The first-order chi connectivity index (χ1) is 8.45. The summed E-state index contributed by atoms with van der Waals surface area (Å²) in [4.78, 5) is 22.8. The molecule has 4 atom stereocenters. The van der Waals surface area contributed by atoms with Crippen molar-refractivity contribution in [2.45, 2.75) is 22.0 Å². The van der Waals surface area contributed by atoms with Crippen molar-refractivity contribution in [2.75, 3.05) is 6.61 Å². The van der Waals surface area contributed by atoms with Gasteiger partial charge in [-0.25, -0.2) is 0 Å². The third kappa shape index (κ3) is 2.15. The zero-order valence-corrected chi connectivity index (χ0v) is 10.7. The number of aromatic nitrogens is 2. The van der Waals surface area contributed by atoms with Crippen LogP contribution in [0.15, 0.2) is 15.8 Å². The number of rotatable bonds is 2. The van der Waals surface area contributed by atoms with Crippen LogP contribution in [0.4, 0.5) is 4.39 Å². The maximum absolute atomic E-state index is 13.1. The van der Waals surface area contributed by atoms with Crippen molar-refractivity contribution in [3.05, 3.63) is 32.9 Å². The number of nitrogens with zero attached hydrogens (tertiary/aromatic N) is 1. The van der Waals surface area contributed by atoms with Crippen LogP contribution in [0.1, 0.15) is 4.94 Å². The molecule has 7 nitrogen and oxygen atoms in total. The summed E-state index contributed by atoms with van der Waals surface area (Å²) in [5, 5.41) is 28.4. The van der Waals surface area contributed by atoms with Gasteiger partial charge in [-0.15, -0.1) is 0 Å². The van der Waals surface area contributed by atoms with Crippen LogP contribution in [0.2, 0.25) is 4.82 Å². The quantitative estimate of drug-likeness (QED) is 0.445. The predicted octanol–water partition coefficient (Wildman–Crippen LogP) is -2.61. The van der Waals surface area contributed by atoms with Crippen molar-refractivity contribution in [3.63, 3.8) is 0 Å². The number of hydrogen-bond donors (Lipinski definition) is 4. The van der Waals surface area contributed by atoms with Gasteiger partial charge >= 0.3 is 106 Å². The van der Waals surface area contributed by atoms with Gasteiger partial charge in [-0.05, 0) is 0 Å². The number of aromatic amines is 1. The summed E-state index contributed by atoms with van der Waals surface area (Å²) >= 11 is -0.498. The normalized spacial score (nSPS) is 31.8. The SMILES string of the molecule is O=c1[nH]c(=O)n(C2[Se][C@H](CO)[C@@H](O)[C@@H]2O)cc1F. The molecule has 2 heterocycles. The van der Waals surface area contributed by atoms with Gasteiger partial charge in [0, 0.05) is 0 Å². The van der Waals surface area contributed by atoms with Gasteiger partial charge in [0.05, 0.1) is 0 Å². The number of H-pyrrole nitrogens is 1. The van der Waals surface area contributed by atoms with Gasteiger partial charge in [-0.1, -0.05) is 0 Å². The molecule has 100 valence electrons. The van der Waals surface area contributed by atoms with Crippen LogP contribution >= 0.6 is 0 Å². The Morgan fingerprint density at radius 3 is 2.61 bits per heavy atom. The summed E-state index contributed by atoms with van der Waals surface area (Å²) in [6.45, 7) is -0.324. The molecule has 1 unspecified atom stereocenters. The fraction of sp³-hybridized carbons (Fsp3) is 0.556. The fourth-order valence-corrected chi connectivity index (χ4v) is 4.65. The van der Waals surface area contributed by atoms with Gasteiger partial charge in [0.2, 0.25) is 0 Å². The molecule has 0 saturated carbocycles. The molecule has 18 heavy (non-hydrogen) atoms. The van der Waals surface area contributed by atoms with E-state index in [1.54, 1.807) is 4.98 Å². The summed E-state index contributed by atoms with van der Waals surface area (Å²) in [7, 11) is 0. The topological polar surface area (TPSA) is 116 Å². The molecule has 1 fully saturated rings. The van der Waals surface area contributed by atoms with Gasteiger partial charge < -0.3 is 0 Å². The molecule has 2 rings (SSSR count). The van der Waals surface area contributed by atoms with Gasteiger partial charge in [0.25, 0.3) is 0 Å². The van der Waals surface area contributed by atoms with Crippen LogP contribution in [0.5, 0.6) is 0 Å². The van der Waals surface area contributed by atoms with Crippen LogP contribution in [-0.4, -0.2) is 58.6 Å². The minimum atomic E-state index is -1.27. The van der Waals surface area contributed by atoms with Crippen LogP contribution in [-0.2, 0) is 0 Å². The van der Waals surface area contributed by atoms with Crippen LogP contribution in [0, 0.1) is 5.82 Å². The number of hydrogen-bond acceptors (Lipinski definition) is 5. The standard InChI is InChI=1S/C9H11FN2O5Se/c10-3-1-12(9(17)11-7(3)16)8-6(15)5(14)4(2-13)18-8/h1,4-6,8,13-15H,2H2,(H,11,16,17)/t4-,5-,6+,8?/m1/s1. The second kappa shape index (κ2) is 4.94. The first-order valence-corrected chi connectivity index (χ1v) is 7.07. The monoisotopic (exact) mass is 326 g/mol. The number of aliphatic hydroxyl groups is 3. The molecular weight excluding hydrogens is 314 g/mol. The molecule has 1 aliphatic rings. The Kier molecular flexibility index (Phi) is 3.69. The molecule has 0 aromatic carbocycles. The average Bonchev–Trinajstić information content (AvgIpc) is 2.61. The molecular formula is C9H11FN2O5Se. The molecule has 1 aromatic rings. The van der Waals surface area contributed by atoms with E-state index in [9.17, 15) is 24.2 Å². The van der Waals surface area contributed by atoms with Crippen molar-refractivity contribution < 1.29 is 19.7 Å². The molecule has 9 heteroatoms. The van der Waals surface area contributed by atoms with Crippen molar-refractivity contribution in [1.29, 1.82) is 0 Å². The van der Waals surface area contributed by atoms with Gasteiger partial charge in [0.15, 0.2) is 0 Å². The third-order valence-electron chi connectivity index (χ3n) is 2.72. The van der Waals surface area contributed by atoms with E-state index in [-0.39, 0.29) is 6.61 Å². The van der Waals surface area contributed by atoms with Crippen molar-refractivity contribution in [1.82, 2.24) is 9.55 Å². The summed E-state index contributed by atoms with van der Waals surface area (Å²) in [6, 6.07) is 0. The van der Waals surface area contributed by atoms with Gasteiger partial charge in [-0.3, -0.25) is 0 Å². The van der Waals surface area contributed by atoms with Crippen LogP contribution in [0.25, 0.3) is 0 Å². The minimum absolute atomic E-state index is 0.324. The predicted molar refractivity (Wildman–Crippen MR) is 58.9 cm³/mol. The van der Waals surface area contributed by atoms with Crippen LogP contribution in [0.3, 0.4) is 0 Å². The Morgan fingerprint density at radius 2 is 2.06 bits per heavy atom. The van der Waals surface area contributed by atoms with Crippen molar-refractivity contribution in [3.8, 4) is 0 Å². The van der Waals surface area contributed by atoms with Crippen LogP contribution < -0.4 is 11.2 Å². The van der Waals surface area contributed by atoms with E-state index < -0.39 is 54.0 Å². The molecule has 0 radical (unpaired) electrons. The van der Waals surface area contributed by atoms with E-state index in [1.807, 2.05) is 0 Å². The average molecular weight is 325 g/mol. The number of aliphatic hydroxyl groups excluding tert-OH is 3. The maximum atomic E-state index is 13.1. The summed E-state index contributed by atoms with van der Waals surface area (Å²) in [6.07, 6.45) is -1.73. The molecule has 1 saturated heterocycles. The Labute approximate surface area is 106 Å². The summed E-state index contributed by atoms with van der Waals surface area (Å²) < 4.78 is 14.0. The van der Waals surface area contributed by atoms with Gasteiger partial charge in [-0.2, -0.15) is 0 Å². The number of nitrogens with one attached hydrogen (secondary N) is 1. The molecule has 4 N–H and O–H groups in total. The Morgan fingerprint density at radius 1 is 1.39 bits per heavy atom. The van der Waals surface area contributed by atoms with Gasteiger partial charge in [0.1, 0.15) is 0 Å². The van der Waals surface area contributed by atoms with E-state index in [2.05, 4.69) is 0 Å². The molecule has 0 amide bonds.